The molecule has 0 aliphatic carbocycles. The molecule has 1 aliphatic rings. The predicted octanol–water partition coefficient (Wildman–Crippen LogP) is 2.71. The van der Waals surface area contributed by atoms with Crippen LogP contribution in [0, 0.1) is 11.3 Å². The Morgan fingerprint density at radius 3 is 2.23 bits per heavy atom. The lowest BCUT2D eigenvalue weighted by Gasteiger charge is -2.30. The quantitative estimate of drug-likeness (QED) is 0.703. The fourth-order valence-corrected chi connectivity index (χ4v) is 4.34. The fourth-order valence-electron chi connectivity index (χ4n) is 2.95. The summed E-state index contributed by atoms with van der Waals surface area (Å²) in [6.45, 7) is 7.72. The molecule has 1 aliphatic heterocycles. The predicted molar refractivity (Wildman–Crippen MR) is 111 cm³/mol. The van der Waals surface area contributed by atoms with E-state index in [9.17, 15) is 8.42 Å². The van der Waals surface area contributed by atoms with Crippen LogP contribution in [0.2, 0.25) is 0 Å². The Morgan fingerprint density at radius 1 is 1.15 bits per heavy atom. The molecule has 1 aromatic carbocycles. The average Bonchev–Trinajstić information content (AvgIpc) is 2.96. The van der Waals surface area contributed by atoms with Gasteiger partial charge in [0, 0.05) is 12.6 Å². The minimum Gasteiger partial charge on any atom is -0.337 e. The van der Waals surface area contributed by atoms with Crippen LogP contribution in [0.1, 0.15) is 32.8 Å². The molecule has 6 nitrogen and oxygen atoms in total. The number of halogens is 2. The highest BCUT2D eigenvalue weighted by atomic mass is 35.5. The molecule has 1 saturated heterocycles. The molecule has 0 amide bonds. The smallest absolute Gasteiger partial charge is 0.266 e. The van der Waals surface area contributed by atoms with Crippen molar-refractivity contribution >= 4 is 40.8 Å². The third-order valence-electron chi connectivity index (χ3n) is 4.96. The van der Waals surface area contributed by atoms with E-state index in [4.69, 9.17) is 11.1 Å². The molecule has 150 valence electrons. The van der Waals surface area contributed by atoms with E-state index in [0.717, 1.165) is 18.4 Å². The number of nitrogens with zero attached hydrogens (tertiary/aromatic N) is 2. The second-order valence-electron chi connectivity index (χ2n) is 6.40. The zero-order chi connectivity index (χ0) is 17.9. The Kier molecular flexibility index (Phi) is 9.94. The monoisotopic (exact) mass is 424 g/mol. The molecule has 1 heterocycles. The summed E-state index contributed by atoms with van der Waals surface area (Å²) in [6.07, 6.45) is 1.72. The van der Waals surface area contributed by atoms with Crippen LogP contribution >= 0.6 is 24.8 Å². The van der Waals surface area contributed by atoms with Crippen molar-refractivity contribution in [2.24, 2.45) is 11.7 Å². The summed E-state index contributed by atoms with van der Waals surface area (Å²) in [7, 11) is -3.68. The lowest BCUT2D eigenvalue weighted by atomic mass is 10.00. The number of sulfonamides is 1. The number of nitrogens with one attached hydrogen (secondary N) is 1. The third kappa shape index (κ3) is 5.03. The van der Waals surface area contributed by atoms with Gasteiger partial charge in [0.15, 0.2) is 0 Å². The first-order valence-electron chi connectivity index (χ1n) is 8.49. The second-order valence-corrected chi connectivity index (χ2v) is 8.27. The summed E-state index contributed by atoms with van der Waals surface area (Å²) >= 11 is 0. The van der Waals surface area contributed by atoms with Gasteiger partial charge < -0.3 is 10.6 Å². The van der Waals surface area contributed by atoms with Crippen LogP contribution in [0.25, 0.3) is 0 Å². The van der Waals surface area contributed by atoms with Crippen molar-refractivity contribution in [2.75, 3.05) is 19.6 Å². The van der Waals surface area contributed by atoms with Gasteiger partial charge in [-0.3, -0.25) is 5.41 Å². The highest BCUT2D eigenvalue weighted by molar-refractivity contribution is 7.89. The number of hydrogen-bond acceptors (Lipinski definition) is 4. The van der Waals surface area contributed by atoms with Gasteiger partial charge in [0.1, 0.15) is 0 Å². The molecule has 0 aromatic heterocycles. The van der Waals surface area contributed by atoms with E-state index in [1.54, 1.807) is 24.3 Å². The van der Waals surface area contributed by atoms with Gasteiger partial charge in [0.25, 0.3) is 10.0 Å². The van der Waals surface area contributed by atoms with Crippen molar-refractivity contribution in [3.63, 3.8) is 0 Å². The first-order chi connectivity index (χ1) is 11.3. The number of hydrogen-bond donors (Lipinski definition) is 2. The van der Waals surface area contributed by atoms with Gasteiger partial charge in [-0.05, 0) is 43.5 Å². The van der Waals surface area contributed by atoms with E-state index < -0.39 is 10.0 Å². The van der Waals surface area contributed by atoms with Gasteiger partial charge in [0.2, 0.25) is 5.96 Å². The van der Waals surface area contributed by atoms with Gasteiger partial charge in [-0.1, -0.05) is 32.4 Å². The van der Waals surface area contributed by atoms with Crippen LogP contribution < -0.4 is 5.73 Å². The van der Waals surface area contributed by atoms with Crippen LogP contribution in [0.3, 0.4) is 0 Å². The number of nitrogens with two attached hydrogens (primary N) is 1. The summed E-state index contributed by atoms with van der Waals surface area (Å²) in [5, 5.41) is 8.33. The summed E-state index contributed by atoms with van der Waals surface area (Å²) < 4.78 is 26.9. The first-order valence-corrected chi connectivity index (χ1v) is 9.93. The molecule has 2 rings (SSSR count). The van der Waals surface area contributed by atoms with Crippen LogP contribution in [-0.2, 0) is 16.4 Å². The standard InChI is InChI=1S/C17H28N4O2S.2ClH/c1-4-13(2)14(3)20-11-12-21(17(20)19)24(22,23)16-7-5-15(6-8-16)9-10-18;;/h5-8,13-14,19H,4,9-12,18H2,1-3H3;2*1H. The van der Waals surface area contributed by atoms with Crippen molar-refractivity contribution in [3.8, 4) is 0 Å². The maximum absolute atomic E-state index is 12.9. The molecule has 3 N–H and O–H groups in total. The second kappa shape index (κ2) is 10.3. The van der Waals surface area contributed by atoms with Gasteiger partial charge in [-0.15, -0.1) is 24.8 Å². The molecule has 0 radical (unpaired) electrons. The van der Waals surface area contributed by atoms with E-state index in [2.05, 4.69) is 20.8 Å². The van der Waals surface area contributed by atoms with Crippen LogP contribution in [0.15, 0.2) is 29.2 Å². The summed E-state index contributed by atoms with van der Waals surface area (Å²) in [6, 6.07) is 6.94. The van der Waals surface area contributed by atoms with E-state index in [1.807, 2.05) is 4.90 Å². The Morgan fingerprint density at radius 2 is 1.73 bits per heavy atom. The van der Waals surface area contributed by atoms with Crippen molar-refractivity contribution < 1.29 is 8.42 Å². The zero-order valence-corrected chi connectivity index (χ0v) is 18.0. The lowest BCUT2D eigenvalue weighted by Crippen LogP contribution is -2.43. The van der Waals surface area contributed by atoms with Gasteiger partial charge in [0.05, 0.1) is 11.4 Å². The average molecular weight is 425 g/mol. The Hall–Kier alpha value is -1.02. The molecule has 0 bridgehead atoms. The van der Waals surface area contributed by atoms with Crippen LogP contribution in [0.4, 0.5) is 0 Å². The molecule has 0 saturated carbocycles. The minimum absolute atomic E-state index is 0. The molecule has 1 aromatic rings. The van der Waals surface area contributed by atoms with Crippen LogP contribution in [-0.4, -0.2) is 49.3 Å². The molecule has 26 heavy (non-hydrogen) atoms. The SMILES string of the molecule is CCC(C)C(C)N1CCN(S(=O)(=O)c2ccc(CCN)cc2)C1=N.Cl.Cl. The lowest BCUT2D eigenvalue weighted by molar-refractivity contribution is 0.267. The molecule has 9 heteroatoms. The van der Waals surface area contributed by atoms with E-state index in [-0.39, 0.29) is 41.7 Å². The topological polar surface area (TPSA) is 90.5 Å². The number of benzene rings is 1. The van der Waals surface area contributed by atoms with E-state index >= 15 is 0 Å². The molecular formula is C17H30Cl2N4O2S. The number of rotatable bonds is 7. The molecule has 1 fully saturated rings. The van der Waals surface area contributed by atoms with Crippen molar-refractivity contribution in [3.05, 3.63) is 29.8 Å². The molecule has 2 atom stereocenters. The zero-order valence-electron chi connectivity index (χ0n) is 15.5. The first kappa shape index (κ1) is 25.0. The van der Waals surface area contributed by atoms with Crippen molar-refractivity contribution in [1.29, 1.82) is 5.41 Å². The van der Waals surface area contributed by atoms with Gasteiger partial charge in [-0.2, -0.15) is 0 Å². The Labute approximate surface area is 169 Å². The Balaban J connectivity index is 0.00000312. The maximum atomic E-state index is 12.9. The highest BCUT2D eigenvalue weighted by Gasteiger charge is 2.37. The maximum Gasteiger partial charge on any atom is 0.266 e. The van der Waals surface area contributed by atoms with Crippen molar-refractivity contribution in [2.45, 2.75) is 44.6 Å². The van der Waals surface area contributed by atoms with Crippen molar-refractivity contribution in [1.82, 2.24) is 9.21 Å². The fraction of sp³-hybridized carbons (Fsp3) is 0.588. The third-order valence-corrected chi connectivity index (χ3v) is 6.76. The largest absolute Gasteiger partial charge is 0.337 e. The molecule has 0 spiro atoms. The summed E-state index contributed by atoms with van der Waals surface area (Å²) in [5.41, 5.74) is 6.54. The summed E-state index contributed by atoms with van der Waals surface area (Å²) in [4.78, 5) is 2.11. The minimum atomic E-state index is -3.68. The summed E-state index contributed by atoms with van der Waals surface area (Å²) in [5.74, 6) is 0.484. The number of guanidine groups is 1. The van der Waals surface area contributed by atoms with Gasteiger partial charge in [-0.25, -0.2) is 12.7 Å². The molecular weight excluding hydrogens is 395 g/mol. The highest BCUT2D eigenvalue weighted by Crippen LogP contribution is 2.25. The normalized spacial score (nSPS) is 16.7. The van der Waals surface area contributed by atoms with E-state index in [0.29, 0.717) is 25.6 Å². The Bertz CT molecular complexity index is 683. The van der Waals surface area contributed by atoms with Crippen LogP contribution in [0.5, 0.6) is 0 Å². The van der Waals surface area contributed by atoms with Gasteiger partial charge >= 0.3 is 0 Å². The van der Waals surface area contributed by atoms with E-state index in [1.165, 1.54) is 4.31 Å². The molecule has 2 unspecified atom stereocenters.